The molecule has 1 saturated carbocycles. The second kappa shape index (κ2) is 5.79. The summed E-state index contributed by atoms with van der Waals surface area (Å²) < 4.78 is 0. The monoisotopic (exact) mass is 315 g/mol. The van der Waals surface area contributed by atoms with E-state index in [1.54, 1.807) is 4.88 Å². The SMILES string of the molecule is NC(c1cccc(C2CCC2)c1)c1cc2c(s1)CCSC2. The maximum atomic E-state index is 6.56. The first-order valence-corrected chi connectivity index (χ1v) is 9.83. The van der Waals surface area contributed by atoms with Gasteiger partial charge in [-0.3, -0.25) is 0 Å². The molecule has 0 bridgehead atoms. The predicted molar refractivity (Wildman–Crippen MR) is 93.2 cm³/mol. The Kier molecular flexibility index (Phi) is 3.82. The Morgan fingerprint density at radius 1 is 1.19 bits per heavy atom. The van der Waals surface area contributed by atoms with E-state index in [1.807, 2.05) is 23.1 Å². The summed E-state index contributed by atoms with van der Waals surface area (Å²) in [5.74, 6) is 3.21. The van der Waals surface area contributed by atoms with E-state index in [0.717, 1.165) is 5.92 Å². The van der Waals surface area contributed by atoms with Gasteiger partial charge in [0.1, 0.15) is 0 Å². The number of nitrogens with two attached hydrogens (primary N) is 1. The molecular formula is C18H21NS2. The van der Waals surface area contributed by atoms with Crippen molar-refractivity contribution in [2.45, 2.75) is 43.4 Å². The first-order chi connectivity index (χ1) is 10.3. The lowest BCUT2D eigenvalue weighted by molar-refractivity contribution is 0.419. The molecule has 0 radical (unpaired) electrons. The third-order valence-electron chi connectivity index (χ3n) is 4.80. The van der Waals surface area contributed by atoms with Gasteiger partial charge < -0.3 is 5.73 Å². The van der Waals surface area contributed by atoms with Crippen LogP contribution < -0.4 is 5.73 Å². The van der Waals surface area contributed by atoms with Gasteiger partial charge in [0, 0.05) is 15.5 Å². The van der Waals surface area contributed by atoms with Gasteiger partial charge >= 0.3 is 0 Å². The summed E-state index contributed by atoms with van der Waals surface area (Å²) in [5, 5.41) is 0. The Hall–Kier alpha value is -0.770. The van der Waals surface area contributed by atoms with Gasteiger partial charge in [-0.15, -0.1) is 11.3 Å². The van der Waals surface area contributed by atoms with Crippen molar-refractivity contribution in [2.75, 3.05) is 5.75 Å². The highest BCUT2D eigenvalue weighted by molar-refractivity contribution is 7.98. The Morgan fingerprint density at radius 2 is 2.10 bits per heavy atom. The van der Waals surface area contributed by atoms with E-state index in [1.165, 1.54) is 58.8 Å². The van der Waals surface area contributed by atoms with Gasteiger partial charge in [-0.25, -0.2) is 0 Å². The van der Waals surface area contributed by atoms with Crippen LogP contribution in [0.4, 0.5) is 0 Å². The molecule has 21 heavy (non-hydrogen) atoms. The predicted octanol–water partition coefficient (Wildman–Crippen LogP) is 4.85. The molecule has 1 aliphatic heterocycles. The molecule has 2 heterocycles. The average Bonchev–Trinajstić information content (AvgIpc) is 2.89. The van der Waals surface area contributed by atoms with Crippen LogP contribution in [0.1, 0.15) is 57.7 Å². The minimum atomic E-state index is 0.0469. The molecule has 3 heteroatoms. The van der Waals surface area contributed by atoms with Crippen LogP contribution in [0.5, 0.6) is 0 Å². The minimum absolute atomic E-state index is 0.0469. The zero-order valence-corrected chi connectivity index (χ0v) is 13.8. The van der Waals surface area contributed by atoms with Crippen LogP contribution in [0.3, 0.4) is 0 Å². The van der Waals surface area contributed by atoms with Crippen molar-refractivity contribution in [3.8, 4) is 0 Å². The van der Waals surface area contributed by atoms with Crippen molar-refractivity contribution in [1.29, 1.82) is 0 Å². The van der Waals surface area contributed by atoms with Crippen molar-refractivity contribution >= 4 is 23.1 Å². The van der Waals surface area contributed by atoms with Gasteiger partial charge in [0.25, 0.3) is 0 Å². The minimum Gasteiger partial charge on any atom is -0.320 e. The molecular weight excluding hydrogens is 294 g/mol. The first kappa shape index (κ1) is 13.9. The quantitative estimate of drug-likeness (QED) is 0.876. The fraction of sp³-hybridized carbons (Fsp3) is 0.444. The van der Waals surface area contributed by atoms with Gasteiger partial charge in [0.05, 0.1) is 6.04 Å². The van der Waals surface area contributed by atoms with E-state index in [4.69, 9.17) is 5.73 Å². The van der Waals surface area contributed by atoms with Crippen molar-refractivity contribution < 1.29 is 0 Å². The van der Waals surface area contributed by atoms with Gasteiger partial charge in [-0.1, -0.05) is 30.7 Å². The van der Waals surface area contributed by atoms with E-state index >= 15 is 0 Å². The summed E-state index contributed by atoms with van der Waals surface area (Å²) in [6, 6.07) is 11.4. The summed E-state index contributed by atoms with van der Waals surface area (Å²) in [6.07, 6.45) is 5.31. The van der Waals surface area contributed by atoms with E-state index < -0.39 is 0 Å². The van der Waals surface area contributed by atoms with Crippen LogP contribution in [0.25, 0.3) is 0 Å². The summed E-state index contributed by atoms with van der Waals surface area (Å²) in [4.78, 5) is 2.91. The number of hydrogen-bond donors (Lipinski definition) is 1. The summed E-state index contributed by atoms with van der Waals surface area (Å²) in [7, 11) is 0. The summed E-state index contributed by atoms with van der Waals surface area (Å²) >= 11 is 3.98. The highest BCUT2D eigenvalue weighted by Crippen LogP contribution is 2.39. The molecule has 4 rings (SSSR count). The normalized spacial score (nSPS) is 19.9. The number of thiophene rings is 1. The Bertz CT molecular complexity index is 619. The molecule has 0 spiro atoms. The van der Waals surface area contributed by atoms with Gasteiger partial charge in [0.15, 0.2) is 0 Å². The molecule has 1 atom stereocenters. The zero-order valence-electron chi connectivity index (χ0n) is 12.2. The maximum absolute atomic E-state index is 6.56. The Balaban J connectivity index is 1.61. The zero-order chi connectivity index (χ0) is 14.2. The molecule has 1 aromatic heterocycles. The molecule has 0 amide bonds. The van der Waals surface area contributed by atoms with Crippen LogP contribution in [0.2, 0.25) is 0 Å². The van der Waals surface area contributed by atoms with Gasteiger partial charge in [0.2, 0.25) is 0 Å². The first-order valence-electron chi connectivity index (χ1n) is 7.86. The Labute approximate surface area is 134 Å². The third-order valence-corrected chi connectivity index (χ3v) is 7.13. The van der Waals surface area contributed by atoms with Crippen molar-refractivity contribution in [3.63, 3.8) is 0 Å². The fourth-order valence-corrected chi connectivity index (χ4v) is 5.64. The second-order valence-electron chi connectivity index (χ2n) is 6.18. The summed E-state index contributed by atoms with van der Waals surface area (Å²) in [5.41, 5.74) is 10.9. The lowest BCUT2D eigenvalue weighted by Crippen LogP contribution is -2.13. The largest absolute Gasteiger partial charge is 0.320 e. The lowest BCUT2D eigenvalue weighted by atomic mass is 9.79. The molecule has 2 aliphatic rings. The standard InChI is InChI=1S/C18H21NS2/c19-18(17-10-15-11-20-8-7-16(15)21-17)14-6-2-5-13(9-14)12-3-1-4-12/h2,5-6,9-10,12,18H,1,3-4,7-8,11,19H2. The second-order valence-corrected chi connectivity index (χ2v) is 8.45. The van der Waals surface area contributed by atoms with Crippen molar-refractivity contribution in [1.82, 2.24) is 0 Å². The van der Waals surface area contributed by atoms with Crippen LogP contribution in [-0.4, -0.2) is 5.75 Å². The number of thioether (sulfide) groups is 1. The van der Waals surface area contributed by atoms with E-state index in [-0.39, 0.29) is 6.04 Å². The maximum Gasteiger partial charge on any atom is 0.0646 e. The van der Waals surface area contributed by atoms with Gasteiger partial charge in [-0.05, 0) is 53.7 Å². The molecule has 1 fully saturated rings. The van der Waals surface area contributed by atoms with Crippen LogP contribution in [-0.2, 0) is 12.2 Å². The molecule has 2 N–H and O–H groups in total. The highest BCUT2D eigenvalue weighted by atomic mass is 32.2. The average molecular weight is 316 g/mol. The molecule has 2 aromatic rings. The number of hydrogen-bond acceptors (Lipinski definition) is 3. The molecule has 1 unspecified atom stereocenters. The van der Waals surface area contributed by atoms with E-state index in [9.17, 15) is 0 Å². The highest BCUT2D eigenvalue weighted by Gasteiger charge is 2.22. The third kappa shape index (κ3) is 2.67. The number of fused-ring (bicyclic) bond motifs is 1. The van der Waals surface area contributed by atoms with Crippen LogP contribution in [0.15, 0.2) is 30.3 Å². The van der Waals surface area contributed by atoms with E-state index in [2.05, 4.69) is 30.3 Å². The van der Waals surface area contributed by atoms with E-state index in [0.29, 0.717) is 0 Å². The van der Waals surface area contributed by atoms with Crippen LogP contribution >= 0.6 is 23.1 Å². The van der Waals surface area contributed by atoms with Crippen molar-refractivity contribution in [2.24, 2.45) is 5.73 Å². The lowest BCUT2D eigenvalue weighted by Gasteiger charge is -2.26. The van der Waals surface area contributed by atoms with Crippen LogP contribution in [0, 0.1) is 0 Å². The molecule has 110 valence electrons. The molecule has 1 nitrogen and oxygen atoms in total. The number of aryl methyl sites for hydroxylation is 1. The Morgan fingerprint density at radius 3 is 2.86 bits per heavy atom. The number of rotatable bonds is 3. The fourth-order valence-electron chi connectivity index (χ4n) is 3.24. The topological polar surface area (TPSA) is 26.0 Å². The smallest absolute Gasteiger partial charge is 0.0646 e. The molecule has 1 aromatic carbocycles. The van der Waals surface area contributed by atoms with Gasteiger partial charge in [-0.2, -0.15) is 11.8 Å². The number of benzene rings is 1. The van der Waals surface area contributed by atoms with Crippen molar-refractivity contribution in [3.05, 3.63) is 56.8 Å². The summed E-state index contributed by atoms with van der Waals surface area (Å²) in [6.45, 7) is 0. The molecule has 0 saturated heterocycles. The molecule has 1 aliphatic carbocycles.